The van der Waals surface area contributed by atoms with Crippen LogP contribution in [0.1, 0.15) is 27.4 Å². The first-order valence-electron chi connectivity index (χ1n) is 8.42. The van der Waals surface area contributed by atoms with Crippen molar-refractivity contribution in [1.82, 2.24) is 5.32 Å². The van der Waals surface area contributed by atoms with Gasteiger partial charge in [-0.05, 0) is 47.4 Å². The maximum Gasteiger partial charge on any atom is 0.293 e. The first kappa shape index (κ1) is 15.6. The highest BCUT2D eigenvalue weighted by molar-refractivity contribution is 5.95. The molecule has 0 spiro atoms. The van der Waals surface area contributed by atoms with Gasteiger partial charge in [-0.1, -0.05) is 24.3 Å². The number of hydrogen-bond acceptors (Lipinski definition) is 4. The Bertz CT molecular complexity index is 865. The molecule has 0 saturated heterocycles. The second kappa shape index (κ2) is 5.88. The van der Waals surface area contributed by atoms with Gasteiger partial charge in [0.15, 0.2) is 0 Å². The van der Waals surface area contributed by atoms with E-state index in [4.69, 9.17) is 0 Å². The molecule has 2 N–H and O–H groups in total. The molecule has 2 aliphatic carbocycles. The van der Waals surface area contributed by atoms with Gasteiger partial charge in [0, 0.05) is 25.2 Å². The van der Waals surface area contributed by atoms with Gasteiger partial charge in [-0.25, -0.2) is 0 Å². The highest BCUT2D eigenvalue weighted by atomic mass is 16.6. The summed E-state index contributed by atoms with van der Waals surface area (Å²) in [6, 6.07) is 13.1. The summed E-state index contributed by atoms with van der Waals surface area (Å²) in [6.07, 6.45) is 1.10. The minimum absolute atomic E-state index is 0.0627. The Balaban J connectivity index is 1.48. The maximum absolute atomic E-state index is 11.7. The minimum atomic E-state index is -0.447. The predicted molar refractivity (Wildman–Crippen MR) is 94.8 cm³/mol. The van der Waals surface area contributed by atoms with E-state index in [1.54, 1.807) is 12.1 Å². The van der Waals surface area contributed by atoms with Crippen LogP contribution in [0, 0.1) is 22.0 Å². The van der Waals surface area contributed by atoms with Crippen LogP contribution in [0.25, 0.3) is 0 Å². The largest absolute Gasteiger partial charge is 0.379 e. The molecule has 6 nitrogen and oxygen atoms in total. The molecule has 0 radical (unpaired) electrons. The van der Waals surface area contributed by atoms with Gasteiger partial charge in [0.1, 0.15) is 5.69 Å². The number of amides is 1. The topological polar surface area (TPSA) is 84.3 Å². The molecule has 25 heavy (non-hydrogen) atoms. The lowest BCUT2D eigenvalue weighted by molar-refractivity contribution is -0.384. The van der Waals surface area contributed by atoms with Crippen molar-refractivity contribution in [1.29, 1.82) is 0 Å². The first-order valence-corrected chi connectivity index (χ1v) is 8.42. The number of benzene rings is 2. The Morgan fingerprint density at radius 1 is 1.28 bits per heavy atom. The molecule has 128 valence electrons. The van der Waals surface area contributed by atoms with Gasteiger partial charge in [0.05, 0.1) is 4.92 Å². The molecule has 6 heteroatoms. The number of hydrogen-bond donors (Lipinski definition) is 2. The normalized spacial score (nSPS) is 22.7. The third kappa shape index (κ3) is 2.63. The number of nitro groups is 1. The number of carbonyl (C=O) groups is 1. The van der Waals surface area contributed by atoms with E-state index in [2.05, 4.69) is 34.9 Å². The highest BCUT2D eigenvalue weighted by Crippen LogP contribution is 2.61. The molecule has 2 aliphatic rings. The van der Waals surface area contributed by atoms with E-state index in [0.717, 1.165) is 6.42 Å². The number of rotatable bonds is 5. The summed E-state index contributed by atoms with van der Waals surface area (Å²) in [4.78, 5) is 22.6. The van der Waals surface area contributed by atoms with Crippen molar-refractivity contribution in [3.05, 3.63) is 69.3 Å². The molecule has 0 heterocycles. The SMILES string of the molecule is CNC(=O)c1ccc(NCC2C3Cc4ccccc4C23)c([N+](=O)[O-])c1. The molecule has 0 aromatic heterocycles. The van der Waals surface area contributed by atoms with E-state index in [-0.39, 0.29) is 17.2 Å². The van der Waals surface area contributed by atoms with Crippen molar-refractivity contribution >= 4 is 17.3 Å². The molecule has 2 aromatic carbocycles. The summed E-state index contributed by atoms with van der Waals surface area (Å²) in [5.74, 6) is 1.41. The Morgan fingerprint density at radius 2 is 2.08 bits per heavy atom. The van der Waals surface area contributed by atoms with Crippen molar-refractivity contribution in [2.75, 3.05) is 18.9 Å². The third-order valence-electron chi connectivity index (χ3n) is 5.41. The van der Waals surface area contributed by atoms with Crippen molar-refractivity contribution in [2.24, 2.45) is 11.8 Å². The minimum Gasteiger partial charge on any atom is -0.379 e. The predicted octanol–water partition coefficient (Wildman–Crippen LogP) is 2.95. The van der Waals surface area contributed by atoms with Crippen LogP contribution in [-0.2, 0) is 6.42 Å². The summed E-state index contributed by atoms with van der Waals surface area (Å²) < 4.78 is 0. The number of nitrogens with one attached hydrogen (secondary N) is 2. The van der Waals surface area contributed by atoms with E-state index < -0.39 is 4.92 Å². The van der Waals surface area contributed by atoms with Crippen molar-refractivity contribution in [3.8, 4) is 0 Å². The van der Waals surface area contributed by atoms with Crippen LogP contribution in [0.5, 0.6) is 0 Å². The number of nitro benzene ring substituents is 1. The fourth-order valence-electron chi connectivity index (χ4n) is 4.11. The average molecular weight is 337 g/mol. The van der Waals surface area contributed by atoms with E-state index in [1.807, 2.05) is 0 Å². The van der Waals surface area contributed by atoms with Gasteiger partial charge in [0.2, 0.25) is 0 Å². The monoisotopic (exact) mass is 337 g/mol. The molecule has 1 saturated carbocycles. The Hall–Kier alpha value is -2.89. The lowest BCUT2D eigenvalue weighted by Crippen LogP contribution is -2.18. The molecule has 3 atom stereocenters. The summed E-state index contributed by atoms with van der Waals surface area (Å²) in [5.41, 5.74) is 3.57. The average Bonchev–Trinajstić information content (AvgIpc) is 3.17. The molecule has 2 aromatic rings. The summed E-state index contributed by atoms with van der Waals surface area (Å²) >= 11 is 0. The third-order valence-corrected chi connectivity index (χ3v) is 5.41. The van der Waals surface area contributed by atoms with Crippen molar-refractivity contribution in [3.63, 3.8) is 0 Å². The molecule has 0 aliphatic heterocycles. The van der Waals surface area contributed by atoms with Crippen LogP contribution in [0.4, 0.5) is 11.4 Å². The van der Waals surface area contributed by atoms with E-state index in [1.165, 1.54) is 24.2 Å². The van der Waals surface area contributed by atoms with Crippen LogP contribution in [-0.4, -0.2) is 24.4 Å². The zero-order chi connectivity index (χ0) is 17.6. The number of anilines is 1. The Morgan fingerprint density at radius 3 is 2.84 bits per heavy atom. The quantitative estimate of drug-likeness (QED) is 0.649. The van der Waals surface area contributed by atoms with Gasteiger partial charge in [0.25, 0.3) is 11.6 Å². The lowest BCUT2D eigenvalue weighted by Gasteiger charge is -2.11. The standard InChI is InChI=1S/C19H19N3O3/c1-20-19(23)12-6-7-16(17(9-12)22(24)25)21-10-15-14-8-11-4-2-3-5-13(11)18(14)15/h2-7,9,14-15,18,21H,8,10H2,1H3,(H,20,23). The van der Waals surface area contributed by atoms with Crippen molar-refractivity contribution in [2.45, 2.75) is 12.3 Å². The summed E-state index contributed by atoms with van der Waals surface area (Å²) in [7, 11) is 1.50. The number of fused-ring (bicyclic) bond motifs is 3. The molecule has 1 fully saturated rings. The van der Waals surface area contributed by atoms with E-state index in [9.17, 15) is 14.9 Å². The van der Waals surface area contributed by atoms with Gasteiger partial charge >= 0.3 is 0 Å². The lowest BCUT2D eigenvalue weighted by atomic mass is 10.0. The Kier molecular flexibility index (Phi) is 3.67. The van der Waals surface area contributed by atoms with Crippen LogP contribution in [0.15, 0.2) is 42.5 Å². The zero-order valence-electron chi connectivity index (χ0n) is 13.9. The molecule has 1 amide bonds. The smallest absolute Gasteiger partial charge is 0.293 e. The summed E-state index contributed by atoms with van der Waals surface area (Å²) in [5, 5.41) is 17.0. The molecule has 0 bridgehead atoms. The number of nitrogens with zero attached hydrogens (tertiary/aromatic N) is 1. The van der Waals surface area contributed by atoms with Gasteiger partial charge < -0.3 is 10.6 Å². The first-order chi connectivity index (χ1) is 12.1. The summed E-state index contributed by atoms with van der Waals surface area (Å²) in [6.45, 7) is 0.712. The molecular formula is C19H19N3O3. The second-order valence-corrected chi connectivity index (χ2v) is 6.71. The fraction of sp³-hybridized carbons (Fsp3) is 0.316. The second-order valence-electron chi connectivity index (χ2n) is 6.71. The Labute approximate surface area is 145 Å². The van der Waals surface area contributed by atoms with Crippen LogP contribution in [0.2, 0.25) is 0 Å². The molecule has 3 unspecified atom stereocenters. The van der Waals surface area contributed by atoms with Crippen molar-refractivity contribution < 1.29 is 9.72 Å². The fourth-order valence-corrected chi connectivity index (χ4v) is 4.11. The molecular weight excluding hydrogens is 318 g/mol. The van der Waals surface area contributed by atoms with E-state index in [0.29, 0.717) is 30.0 Å². The van der Waals surface area contributed by atoms with Gasteiger partial charge in [-0.2, -0.15) is 0 Å². The van der Waals surface area contributed by atoms with Crippen LogP contribution < -0.4 is 10.6 Å². The number of carbonyl (C=O) groups excluding carboxylic acids is 1. The molecule has 4 rings (SSSR count). The highest BCUT2D eigenvalue weighted by Gasteiger charge is 2.54. The van der Waals surface area contributed by atoms with Gasteiger partial charge in [-0.3, -0.25) is 14.9 Å². The van der Waals surface area contributed by atoms with Crippen LogP contribution >= 0.6 is 0 Å². The van der Waals surface area contributed by atoms with Gasteiger partial charge in [-0.15, -0.1) is 0 Å². The maximum atomic E-state index is 11.7. The van der Waals surface area contributed by atoms with Crippen LogP contribution in [0.3, 0.4) is 0 Å². The zero-order valence-corrected chi connectivity index (χ0v) is 13.9. The van der Waals surface area contributed by atoms with E-state index >= 15 is 0 Å².